The van der Waals surface area contributed by atoms with Crippen molar-refractivity contribution < 1.29 is 14.6 Å². The molecule has 0 bridgehead atoms. The van der Waals surface area contributed by atoms with Crippen molar-refractivity contribution in [2.75, 3.05) is 6.61 Å². The molecule has 4 nitrogen and oxygen atoms in total. The molecule has 0 fully saturated rings. The molecule has 0 aliphatic rings. The molecule has 0 radical (unpaired) electrons. The molecule has 1 unspecified atom stereocenters. The van der Waals surface area contributed by atoms with Crippen LogP contribution in [0.1, 0.15) is 56.4 Å². The maximum Gasteiger partial charge on any atom is 0.407 e. The first-order valence-corrected chi connectivity index (χ1v) is 10.5. The molecule has 2 aromatic carbocycles. The maximum atomic E-state index is 11.9. The second kappa shape index (κ2) is 10.7. The van der Waals surface area contributed by atoms with Crippen LogP contribution in [0.15, 0.2) is 42.5 Å². The summed E-state index contributed by atoms with van der Waals surface area (Å²) in [5.74, 6) is 0. The predicted molar refractivity (Wildman–Crippen MR) is 119 cm³/mol. The molecule has 0 saturated carbocycles. The summed E-state index contributed by atoms with van der Waals surface area (Å²) >= 11 is 6.50. The standard InChI is InChI=1S/C24H32ClNO3/c1-5-17-7-6-8-18(13-17)14-19-9-10-20(22(25)15-19)11-12-21(16-27)26-23(28)29-24(2,3)4/h6-10,13,15,21,27H,5,11-12,14,16H2,1-4H3,(H,26,28). The molecule has 158 valence electrons. The summed E-state index contributed by atoms with van der Waals surface area (Å²) in [6.07, 6.45) is 2.58. The molecule has 0 spiro atoms. The van der Waals surface area contributed by atoms with Gasteiger partial charge in [-0.05, 0) is 74.8 Å². The van der Waals surface area contributed by atoms with Crippen molar-refractivity contribution in [3.05, 3.63) is 69.7 Å². The van der Waals surface area contributed by atoms with Crippen molar-refractivity contribution >= 4 is 17.7 Å². The van der Waals surface area contributed by atoms with E-state index in [1.54, 1.807) is 20.8 Å². The van der Waals surface area contributed by atoms with Crippen molar-refractivity contribution in [1.29, 1.82) is 0 Å². The minimum Gasteiger partial charge on any atom is -0.444 e. The molecule has 1 amide bonds. The molecular formula is C24H32ClNO3. The van der Waals surface area contributed by atoms with Gasteiger partial charge in [-0.25, -0.2) is 4.79 Å². The van der Waals surface area contributed by atoms with Crippen LogP contribution in [0, 0.1) is 0 Å². The Morgan fingerprint density at radius 3 is 2.45 bits per heavy atom. The molecule has 0 aliphatic heterocycles. The van der Waals surface area contributed by atoms with E-state index in [1.165, 1.54) is 11.1 Å². The molecule has 2 N–H and O–H groups in total. The van der Waals surface area contributed by atoms with Crippen LogP contribution < -0.4 is 5.32 Å². The Morgan fingerprint density at radius 2 is 1.83 bits per heavy atom. The van der Waals surface area contributed by atoms with E-state index in [4.69, 9.17) is 16.3 Å². The number of aliphatic hydroxyl groups is 1. The lowest BCUT2D eigenvalue weighted by Gasteiger charge is -2.23. The Labute approximate surface area is 179 Å². The van der Waals surface area contributed by atoms with Crippen LogP contribution in [0.25, 0.3) is 0 Å². The molecular weight excluding hydrogens is 386 g/mol. The van der Waals surface area contributed by atoms with Gasteiger partial charge in [-0.3, -0.25) is 0 Å². The molecule has 2 aromatic rings. The maximum absolute atomic E-state index is 11.9. The summed E-state index contributed by atoms with van der Waals surface area (Å²) in [5.41, 5.74) is 4.20. The highest BCUT2D eigenvalue weighted by molar-refractivity contribution is 6.31. The monoisotopic (exact) mass is 417 g/mol. The molecule has 5 heteroatoms. The molecule has 0 aromatic heterocycles. The molecule has 0 aliphatic carbocycles. The average molecular weight is 418 g/mol. The number of nitrogens with one attached hydrogen (secondary N) is 1. The Hall–Kier alpha value is -2.04. The number of aryl methyl sites for hydroxylation is 2. The van der Waals surface area contributed by atoms with E-state index < -0.39 is 11.7 Å². The zero-order chi connectivity index (χ0) is 21.4. The second-order valence-corrected chi connectivity index (χ2v) is 8.75. The van der Waals surface area contributed by atoms with Crippen LogP contribution in [0.5, 0.6) is 0 Å². The summed E-state index contributed by atoms with van der Waals surface area (Å²) in [6.45, 7) is 7.42. The fourth-order valence-electron chi connectivity index (χ4n) is 3.11. The average Bonchev–Trinajstić information content (AvgIpc) is 2.65. The first kappa shape index (κ1) is 23.2. The van der Waals surface area contributed by atoms with E-state index in [2.05, 4.69) is 42.6 Å². The van der Waals surface area contributed by atoms with Crippen molar-refractivity contribution in [1.82, 2.24) is 5.32 Å². The van der Waals surface area contributed by atoms with Crippen LogP contribution >= 0.6 is 11.6 Å². The van der Waals surface area contributed by atoms with E-state index in [0.717, 1.165) is 24.0 Å². The topological polar surface area (TPSA) is 58.6 Å². The molecule has 0 heterocycles. The van der Waals surface area contributed by atoms with Crippen molar-refractivity contribution in [3.63, 3.8) is 0 Å². The normalized spacial score (nSPS) is 12.5. The summed E-state index contributed by atoms with van der Waals surface area (Å²) in [6, 6.07) is 14.4. The number of ether oxygens (including phenoxy) is 1. The van der Waals surface area contributed by atoms with Gasteiger partial charge in [0.1, 0.15) is 5.60 Å². The van der Waals surface area contributed by atoms with Gasteiger partial charge < -0.3 is 15.2 Å². The lowest BCUT2D eigenvalue weighted by atomic mass is 9.99. The fourth-order valence-corrected chi connectivity index (χ4v) is 3.41. The third kappa shape index (κ3) is 8.08. The largest absolute Gasteiger partial charge is 0.444 e. The van der Waals surface area contributed by atoms with E-state index in [-0.39, 0.29) is 12.6 Å². The van der Waals surface area contributed by atoms with Gasteiger partial charge in [0.25, 0.3) is 0 Å². The van der Waals surface area contributed by atoms with Gasteiger partial charge in [-0.15, -0.1) is 0 Å². The first-order valence-electron chi connectivity index (χ1n) is 10.2. The van der Waals surface area contributed by atoms with Gasteiger partial charge in [0, 0.05) is 5.02 Å². The zero-order valence-corrected chi connectivity index (χ0v) is 18.6. The lowest BCUT2D eigenvalue weighted by Crippen LogP contribution is -2.41. The van der Waals surface area contributed by atoms with Crippen molar-refractivity contribution in [3.8, 4) is 0 Å². The lowest BCUT2D eigenvalue weighted by molar-refractivity contribution is 0.0479. The van der Waals surface area contributed by atoms with Gasteiger partial charge in [-0.1, -0.05) is 54.9 Å². The number of hydrogen-bond donors (Lipinski definition) is 2. The highest BCUT2D eigenvalue weighted by atomic mass is 35.5. The van der Waals surface area contributed by atoms with Crippen LogP contribution in [0.2, 0.25) is 5.02 Å². The molecule has 2 rings (SSSR count). The van der Waals surface area contributed by atoms with Gasteiger partial charge >= 0.3 is 6.09 Å². The summed E-state index contributed by atoms with van der Waals surface area (Å²) in [4.78, 5) is 11.9. The van der Waals surface area contributed by atoms with Crippen LogP contribution in [0.4, 0.5) is 4.79 Å². The van der Waals surface area contributed by atoms with E-state index in [1.807, 2.05) is 12.1 Å². The summed E-state index contributed by atoms with van der Waals surface area (Å²) in [7, 11) is 0. The Kier molecular flexibility index (Phi) is 8.54. The SMILES string of the molecule is CCc1cccc(Cc2ccc(CCC(CO)NC(=O)OC(C)(C)C)c(Cl)c2)c1. The first-order chi connectivity index (χ1) is 13.7. The predicted octanol–water partition coefficient (Wildman–Crippen LogP) is 5.31. The highest BCUT2D eigenvalue weighted by Gasteiger charge is 2.19. The van der Waals surface area contributed by atoms with Crippen molar-refractivity contribution in [2.45, 2.75) is 65.0 Å². The second-order valence-electron chi connectivity index (χ2n) is 8.34. The van der Waals surface area contributed by atoms with E-state index >= 15 is 0 Å². The Morgan fingerprint density at radius 1 is 1.14 bits per heavy atom. The van der Waals surface area contributed by atoms with E-state index in [9.17, 15) is 9.90 Å². The number of carbonyl (C=O) groups is 1. The number of rotatable bonds is 8. The fraction of sp³-hybridized carbons (Fsp3) is 0.458. The summed E-state index contributed by atoms with van der Waals surface area (Å²) in [5, 5.41) is 13.0. The number of hydrogen-bond acceptors (Lipinski definition) is 3. The summed E-state index contributed by atoms with van der Waals surface area (Å²) < 4.78 is 5.25. The quantitative estimate of drug-likeness (QED) is 0.611. The smallest absolute Gasteiger partial charge is 0.407 e. The number of benzene rings is 2. The third-order valence-electron chi connectivity index (χ3n) is 4.63. The zero-order valence-electron chi connectivity index (χ0n) is 17.8. The molecule has 1 atom stereocenters. The van der Waals surface area contributed by atoms with Gasteiger partial charge in [0.05, 0.1) is 12.6 Å². The number of alkyl carbamates (subject to hydrolysis) is 1. The molecule has 29 heavy (non-hydrogen) atoms. The number of amides is 1. The number of carbonyl (C=O) groups excluding carboxylic acids is 1. The minimum atomic E-state index is -0.570. The molecule has 0 saturated heterocycles. The van der Waals surface area contributed by atoms with Crippen LogP contribution in [-0.4, -0.2) is 29.4 Å². The van der Waals surface area contributed by atoms with Crippen LogP contribution in [0.3, 0.4) is 0 Å². The third-order valence-corrected chi connectivity index (χ3v) is 4.98. The van der Waals surface area contributed by atoms with Crippen LogP contribution in [-0.2, 0) is 24.0 Å². The van der Waals surface area contributed by atoms with Crippen molar-refractivity contribution in [2.24, 2.45) is 0 Å². The number of halogens is 1. The van der Waals surface area contributed by atoms with Gasteiger partial charge in [0.15, 0.2) is 0 Å². The van der Waals surface area contributed by atoms with E-state index in [0.29, 0.717) is 17.9 Å². The van der Waals surface area contributed by atoms with Gasteiger partial charge in [-0.2, -0.15) is 0 Å². The Balaban J connectivity index is 1.94. The minimum absolute atomic E-state index is 0.150. The Bertz CT molecular complexity index is 814. The number of aliphatic hydroxyl groups excluding tert-OH is 1. The van der Waals surface area contributed by atoms with Gasteiger partial charge in [0.2, 0.25) is 0 Å². The highest BCUT2D eigenvalue weighted by Crippen LogP contribution is 2.22.